The lowest BCUT2D eigenvalue weighted by molar-refractivity contribution is 0.100. The third-order valence-corrected chi connectivity index (χ3v) is 1.67. The summed E-state index contributed by atoms with van der Waals surface area (Å²) in [5.41, 5.74) is 12.1. The van der Waals surface area contributed by atoms with Crippen molar-refractivity contribution in [3.8, 4) is 0 Å². The number of hydrogen-bond donors (Lipinski definition) is 2. The van der Waals surface area contributed by atoms with Crippen molar-refractivity contribution < 1.29 is 4.79 Å². The Kier molecular flexibility index (Phi) is 2.82. The molecule has 1 rings (SSSR count). The predicted octanol–water partition coefficient (Wildman–Crippen LogP) is 0.287. The molecule has 64 valence electrons. The van der Waals surface area contributed by atoms with Crippen LogP contribution >= 0.6 is 0 Å². The highest BCUT2D eigenvalue weighted by Gasteiger charge is 1.98. The first-order valence-corrected chi connectivity index (χ1v) is 3.83. The summed E-state index contributed by atoms with van der Waals surface area (Å²) >= 11 is 0. The normalized spacial score (nSPS) is 9.75. The highest BCUT2D eigenvalue weighted by Crippen LogP contribution is 2.03. The smallest absolute Gasteiger partial charge is 0.248 e. The molecule has 1 aromatic rings. The summed E-state index contributed by atoms with van der Waals surface area (Å²) in [6.07, 6.45) is 0.832. The molecule has 0 aliphatic heterocycles. The molecule has 0 bridgehead atoms. The van der Waals surface area contributed by atoms with Gasteiger partial charge in [-0.2, -0.15) is 0 Å². The topological polar surface area (TPSA) is 69.1 Å². The SMILES string of the molecule is NCCc1ccc(C(N)=O)cc1. The molecule has 0 heterocycles. The first-order chi connectivity index (χ1) is 5.74. The van der Waals surface area contributed by atoms with Gasteiger partial charge in [0.2, 0.25) is 5.91 Å². The van der Waals surface area contributed by atoms with Gasteiger partial charge in [0.05, 0.1) is 0 Å². The van der Waals surface area contributed by atoms with Crippen LogP contribution in [-0.4, -0.2) is 12.5 Å². The molecule has 0 aromatic heterocycles. The standard InChI is InChI=1S/C9H12N2O/c10-6-5-7-1-3-8(4-2-7)9(11)12/h1-4H,5-6,10H2,(H2,11,12). The average Bonchev–Trinajstić information content (AvgIpc) is 2.06. The van der Waals surface area contributed by atoms with Gasteiger partial charge < -0.3 is 11.5 Å². The van der Waals surface area contributed by atoms with Crippen LogP contribution in [0.15, 0.2) is 24.3 Å². The molecule has 0 atom stereocenters. The Labute approximate surface area is 71.4 Å². The minimum absolute atomic E-state index is 0.394. The Bertz CT molecular complexity index is 266. The van der Waals surface area contributed by atoms with E-state index in [0.29, 0.717) is 12.1 Å². The maximum atomic E-state index is 10.7. The fourth-order valence-electron chi connectivity index (χ4n) is 1.00. The summed E-state index contributed by atoms with van der Waals surface area (Å²) in [7, 11) is 0. The van der Waals surface area contributed by atoms with Crippen molar-refractivity contribution in [1.29, 1.82) is 0 Å². The molecule has 1 aromatic carbocycles. The van der Waals surface area contributed by atoms with E-state index in [9.17, 15) is 4.79 Å². The minimum atomic E-state index is -0.394. The van der Waals surface area contributed by atoms with Crippen LogP contribution in [0.3, 0.4) is 0 Å². The number of benzene rings is 1. The zero-order valence-corrected chi connectivity index (χ0v) is 6.79. The first kappa shape index (κ1) is 8.74. The minimum Gasteiger partial charge on any atom is -0.366 e. The maximum Gasteiger partial charge on any atom is 0.248 e. The second-order valence-electron chi connectivity index (χ2n) is 2.60. The van der Waals surface area contributed by atoms with Crippen molar-refractivity contribution in [2.75, 3.05) is 6.54 Å². The largest absolute Gasteiger partial charge is 0.366 e. The van der Waals surface area contributed by atoms with Crippen molar-refractivity contribution in [2.24, 2.45) is 11.5 Å². The van der Waals surface area contributed by atoms with Crippen LogP contribution in [0.1, 0.15) is 15.9 Å². The summed E-state index contributed by atoms with van der Waals surface area (Å²) in [6.45, 7) is 0.621. The van der Waals surface area contributed by atoms with E-state index in [4.69, 9.17) is 11.5 Å². The number of carbonyl (C=O) groups excluding carboxylic acids is 1. The Balaban J connectivity index is 2.78. The van der Waals surface area contributed by atoms with Crippen molar-refractivity contribution >= 4 is 5.91 Å². The van der Waals surface area contributed by atoms with Crippen LogP contribution < -0.4 is 11.5 Å². The lowest BCUT2D eigenvalue weighted by Gasteiger charge is -1.98. The highest BCUT2D eigenvalue weighted by atomic mass is 16.1. The molecule has 0 spiro atoms. The average molecular weight is 164 g/mol. The molecule has 1 amide bonds. The van der Waals surface area contributed by atoms with Crippen LogP contribution in [0.4, 0.5) is 0 Å². The van der Waals surface area contributed by atoms with Crippen molar-refractivity contribution in [3.05, 3.63) is 35.4 Å². The Morgan fingerprint density at radius 2 is 1.83 bits per heavy atom. The van der Waals surface area contributed by atoms with Crippen LogP contribution in [0.2, 0.25) is 0 Å². The zero-order valence-electron chi connectivity index (χ0n) is 6.79. The van der Waals surface area contributed by atoms with Crippen molar-refractivity contribution in [2.45, 2.75) is 6.42 Å². The van der Waals surface area contributed by atoms with Gasteiger partial charge in [-0.3, -0.25) is 4.79 Å². The molecule has 4 N–H and O–H groups in total. The number of nitrogens with two attached hydrogens (primary N) is 2. The highest BCUT2D eigenvalue weighted by molar-refractivity contribution is 5.92. The van der Waals surface area contributed by atoms with E-state index in [1.54, 1.807) is 12.1 Å². The summed E-state index contributed by atoms with van der Waals surface area (Å²) in [6, 6.07) is 7.17. The van der Waals surface area contributed by atoms with Crippen molar-refractivity contribution in [1.82, 2.24) is 0 Å². The Morgan fingerprint density at radius 3 is 2.25 bits per heavy atom. The number of rotatable bonds is 3. The second-order valence-corrected chi connectivity index (χ2v) is 2.60. The first-order valence-electron chi connectivity index (χ1n) is 3.83. The second kappa shape index (κ2) is 3.88. The van der Waals surface area contributed by atoms with Gasteiger partial charge in [0, 0.05) is 5.56 Å². The fraction of sp³-hybridized carbons (Fsp3) is 0.222. The molecular formula is C9H12N2O. The van der Waals surface area contributed by atoms with Gasteiger partial charge in [0.1, 0.15) is 0 Å². The van der Waals surface area contributed by atoms with E-state index in [2.05, 4.69) is 0 Å². The van der Waals surface area contributed by atoms with E-state index < -0.39 is 5.91 Å². The molecule has 3 nitrogen and oxygen atoms in total. The third-order valence-electron chi connectivity index (χ3n) is 1.67. The van der Waals surface area contributed by atoms with E-state index in [0.717, 1.165) is 12.0 Å². The summed E-state index contributed by atoms with van der Waals surface area (Å²) in [5, 5.41) is 0. The quantitative estimate of drug-likeness (QED) is 0.674. The maximum absolute atomic E-state index is 10.7. The summed E-state index contributed by atoms with van der Waals surface area (Å²) in [5.74, 6) is -0.394. The monoisotopic (exact) mass is 164 g/mol. The van der Waals surface area contributed by atoms with Gasteiger partial charge in [-0.05, 0) is 30.7 Å². The van der Waals surface area contributed by atoms with Gasteiger partial charge in [-0.25, -0.2) is 0 Å². The van der Waals surface area contributed by atoms with E-state index in [1.165, 1.54) is 0 Å². The van der Waals surface area contributed by atoms with Gasteiger partial charge in [0.15, 0.2) is 0 Å². The van der Waals surface area contributed by atoms with Crippen molar-refractivity contribution in [3.63, 3.8) is 0 Å². The van der Waals surface area contributed by atoms with Gasteiger partial charge in [0.25, 0.3) is 0 Å². The summed E-state index contributed by atoms with van der Waals surface area (Å²) < 4.78 is 0. The lowest BCUT2D eigenvalue weighted by Crippen LogP contribution is -2.10. The van der Waals surface area contributed by atoms with Crippen LogP contribution in [0, 0.1) is 0 Å². The Hall–Kier alpha value is -1.35. The van der Waals surface area contributed by atoms with Crippen LogP contribution in [0.25, 0.3) is 0 Å². The van der Waals surface area contributed by atoms with E-state index in [-0.39, 0.29) is 0 Å². The van der Waals surface area contributed by atoms with E-state index in [1.807, 2.05) is 12.1 Å². The Morgan fingerprint density at radius 1 is 1.25 bits per heavy atom. The predicted molar refractivity (Wildman–Crippen MR) is 47.7 cm³/mol. The van der Waals surface area contributed by atoms with Crippen LogP contribution in [-0.2, 0) is 6.42 Å². The third kappa shape index (κ3) is 2.07. The lowest BCUT2D eigenvalue weighted by atomic mass is 10.1. The van der Waals surface area contributed by atoms with Gasteiger partial charge in [-0.1, -0.05) is 12.1 Å². The molecule has 0 unspecified atom stereocenters. The molecular weight excluding hydrogens is 152 g/mol. The molecule has 12 heavy (non-hydrogen) atoms. The van der Waals surface area contributed by atoms with Gasteiger partial charge >= 0.3 is 0 Å². The molecule has 0 saturated carbocycles. The molecule has 3 heteroatoms. The molecule has 0 aliphatic rings. The number of primary amides is 1. The van der Waals surface area contributed by atoms with E-state index >= 15 is 0 Å². The number of amides is 1. The molecule has 0 fully saturated rings. The molecule has 0 radical (unpaired) electrons. The zero-order chi connectivity index (χ0) is 8.97. The molecule has 0 aliphatic carbocycles. The van der Waals surface area contributed by atoms with Gasteiger partial charge in [-0.15, -0.1) is 0 Å². The molecule has 0 saturated heterocycles. The number of hydrogen-bond acceptors (Lipinski definition) is 2. The summed E-state index contributed by atoms with van der Waals surface area (Å²) in [4.78, 5) is 10.7. The number of carbonyl (C=O) groups is 1. The van der Waals surface area contributed by atoms with Crippen LogP contribution in [0.5, 0.6) is 0 Å². The fourth-order valence-corrected chi connectivity index (χ4v) is 1.00.